The van der Waals surface area contributed by atoms with E-state index in [9.17, 15) is 0 Å². The van der Waals surface area contributed by atoms with Crippen LogP contribution in [0.3, 0.4) is 0 Å². The fourth-order valence-corrected chi connectivity index (χ4v) is 2.57. The summed E-state index contributed by atoms with van der Waals surface area (Å²) in [5, 5.41) is 1.71. The summed E-state index contributed by atoms with van der Waals surface area (Å²) in [7, 11) is 0. The molecular weight excluding hydrogens is 286 g/mol. The van der Waals surface area contributed by atoms with Crippen LogP contribution in [0.2, 0.25) is 5.02 Å². The van der Waals surface area contributed by atoms with Gasteiger partial charge >= 0.3 is 0 Å². The number of alkyl halides is 1. The van der Waals surface area contributed by atoms with Crippen molar-refractivity contribution in [3.8, 4) is 0 Å². The Hall–Kier alpha value is -0.210. The van der Waals surface area contributed by atoms with Crippen LogP contribution >= 0.6 is 27.5 Å². The average Bonchev–Trinajstić information content (AvgIpc) is 2.31. The Kier molecular flexibility index (Phi) is 6.22. The quantitative estimate of drug-likeness (QED) is 0.678. The van der Waals surface area contributed by atoms with Crippen LogP contribution in [0.15, 0.2) is 18.2 Å². The third-order valence-corrected chi connectivity index (χ3v) is 3.60. The van der Waals surface area contributed by atoms with Gasteiger partial charge in [-0.05, 0) is 25.0 Å². The summed E-state index contributed by atoms with van der Waals surface area (Å²) < 4.78 is 0. The van der Waals surface area contributed by atoms with Crippen molar-refractivity contribution in [2.75, 3.05) is 18.0 Å². The Morgan fingerprint density at radius 1 is 1.31 bits per heavy atom. The average molecular weight is 305 g/mol. The summed E-state index contributed by atoms with van der Waals surface area (Å²) in [6.45, 7) is 6.48. The smallest absolute Gasteiger partial charge is 0.0642 e. The number of rotatable bonds is 6. The summed E-state index contributed by atoms with van der Waals surface area (Å²) in [5.41, 5.74) is 2.46. The number of anilines is 1. The zero-order chi connectivity index (χ0) is 12.0. The maximum Gasteiger partial charge on any atom is 0.0642 e. The minimum atomic E-state index is 0.853. The fraction of sp³-hybridized carbons (Fsp3) is 0.538. The van der Waals surface area contributed by atoms with E-state index in [2.05, 4.69) is 40.7 Å². The summed E-state index contributed by atoms with van der Waals surface area (Å²) in [6.07, 6.45) is 2.42. The predicted molar refractivity (Wildman–Crippen MR) is 76.9 cm³/mol. The molecule has 0 fully saturated rings. The van der Waals surface area contributed by atoms with E-state index in [4.69, 9.17) is 11.6 Å². The molecule has 1 nitrogen and oxygen atoms in total. The van der Waals surface area contributed by atoms with Gasteiger partial charge in [-0.2, -0.15) is 0 Å². The molecule has 0 radical (unpaired) electrons. The monoisotopic (exact) mass is 303 g/mol. The van der Waals surface area contributed by atoms with Gasteiger partial charge in [-0.3, -0.25) is 0 Å². The first-order valence-corrected chi connectivity index (χ1v) is 7.32. The molecule has 0 saturated heterocycles. The van der Waals surface area contributed by atoms with Gasteiger partial charge in [0, 0.05) is 18.4 Å². The molecule has 0 unspecified atom stereocenters. The van der Waals surface area contributed by atoms with Crippen molar-refractivity contribution in [3.63, 3.8) is 0 Å². The topological polar surface area (TPSA) is 3.24 Å². The van der Waals surface area contributed by atoms with Crippen molar-refractivity contribution in [3.05, 3.63) is 28.8 Å². The number of benzene rings is 1. The van der Waals surface area contributed by atoms with E-state index >= 15 is 0 Å². The summed E-state index contributed by atoms with van der Waals surface area (Å²) in [5.74, 6) is 0. The van der Waals surface area contributed by atoms with Crippen LogP contribution in [0.25, 0.3) is 0 Å². The lowest BCUT2D eigenvalue weighted by atomic mass is 10.1. The SMILES string of the molecule is CCCCN(CC)c1c(Cl)cccc1CBr. The number of unbranched alkanes of at least 4 members (excludes halogenated alkanes) is 1. The molecule has 0 atom stereocenters. The Balaban J connectivity index is 2.97. The van der Waals surface area contributed by atoms with Gasteiger partial charge in [0.2, 0.25) is 0 Å². The highest BCUT2D eigenvalue weighted by atomic mass is 79.9. The predicted octanol–water partition coefficient (Wildman–Crippen LogP) is 4.86. The highest BCUT2D eigenvalue weighted by Gasteiger charge is 2.12. The van der Waals surface area contributed by atoms with Crippen molar-refractivity contribution >= 4 is 33.2 Å². The molecule has 16 heavy (non-hydrogen) atoms. The standard InChI is InChI=1S/C13H19BrClN/c1-3-5-9-16(4-2)13-11(10-14)7-6-8-12(13)15/h6-8H,3-5,9-10H2,1-2H3. The van der Waals surface area contributed by atoms with Crippen LogP contribution in [-0.4, -0.2) is 13.1 Å². The number of halogens is 2. The van der Waals surface area contributed by atoms with E-state index in [-0.39, 0.29) is 0 Å². The van der Waals surface area contributed by atoms with E-state index in [0.717, 1.165) is 23.4 Å². The van der Waals surface area contributed by atoms with Crippen LogP contribution in [-0.2, 0) is 5.33 Å². The van der Waals surface area contributed by atoms with Crippen molar-refractivity contribution in [2.24, 2.45) is 0 Å². The third-order valence-electron chi connectivity index (χ3n) is 2.69. The lowest BCUT2D eigenvalue weighted by Gasteiger charge is -2.26. The second kappa shape index (κ2) is 7.18. The van der Waals surface area contributed by atoms with Gasteiger partial charge in [0.15, 0.2) is 0 Å². The molecule has 3 heteroatoms. The van der Waals surface area contributed by atoms with Crippen molar-refractivity contribution in [2.45, 2.75) is 32.0 Å². The Bertz CT molecular complexity index is 328. The van der Waals surface area contributed by atoms with E-state index in [1.54, 1.807) is 0 Å². The number of hydrogen-bond acceptors (Lipinski definition) is 1. The lowest BCUT2D eigenvalue weighted by molar-refractivity contribution is 0.730. The number of hydrogen-bond donors (Lipinski definition) is 0. The molecule has 90 valence electrons. The zero-order valence-electron chi connectivity index (χ0n) is 9.97. The minimum absolute atomic E-state index is 0.853. The summed E-state index contributed by atoms with van der Waals surface area (Å²) in [4.78, 5) is 2.36. The molecule has 0 aromatic heterocycles. The molecule has 0 heterocycles. The molecule has 0 aliphatic rings. The highest BCUT2D eigenvalue weighted by molar-refractivity contribution is 9.08. The summed E-state index contributed by atoms with van der Waals surface area (Å²) in [6, 6.07) is 6.11. The second-order valence-electron chi connectivity index (χ2n) is 3.81. The van der Waals surface area contributed by atoms with Gasteiger partial charge in [-0.15, -0.1) is 0 Å². The number of para-hydroxylation sites is 1. The largest absolute Gasteiger partial charge is 0.370 e. The normalized spacial score (nSPS) is 10.5. The van der Waals surface area contributed by atoms with E-state index in [1.165, 1.54) is 24.1 Å². The van der Waals surface area contributed by atoms with Gasteiger partial charge in [0.1, 0.15) is 0 Å². The van der Waals surface area contributed by atoms with Crippen LogP contribution in [0.5, 0.6) is 0 Å². The second-order valence-corrected chi connectivity index (χ2v) is 4.78. The first-order valence-electron chi connectivity index (χ1n) is 5.82. The molecule has 1 rings (SSSR count). The maximum atomic E-state index is 6.30. The first kappa shape index (κ1) is 13.9. The molecule has 1 aromatic carbocycles. The molecule has 0 amide bonds. The molecular formula is C13H19BrClN. The van der Waals surface area contributed by atoms with Gasteiger partial charge in [0.05, 0.1) is 10.7 Å². The molecule has 1 aromatic rings. The van der Waals surface area contributed by atoms with Crippen molar-refractivity contribution in [1.82, 2.24) is 0 Å². The minimum Gasteiger partial charge on any atom is -0.370 e. The molecule has 0 bridgehead atoms. The van der Waals surface area contributed by atoms with Gasteiger partial charge in [-0.25, -0.2) is 0 Å². The molecule has 0 aliphatic heterocycles. The third kappa shape index (κ3) is 3.39. The maximum absolute atomic E-state index is 6.30. The zero-order valence-corrected chi connectivity index (χ0v) is 12.3. The van der Waals surface area contributed by atoms with Crippen LogP contribution in [0.4, 0.5) is 5.69 Å². The Labute approximate surface area is 112 Å². The van der Waals surface area contributed by atoms with Crippen LogP contribution in [0.1, 0.15) is 32.3 Å². The molecule has 0 N–H and O–H groups in total. The highest BCUT2D eigenvalue weighted by Crippen LogP contribution is 2.31. The Morgan fingerprint density at radius 2 is 2.06 bits per heavy atom. The molecule has 0 saturated carbocycles. The van der Waals surface area contributed by atoms with E-state index in [0.29, 0.717) is 0 Å². The van der Waals surface area contributed by atoms with E-state index in [1.807, 2.05) is 12.1 Å². The van der Waals surface area contributed by atoms with Gasteiger partial charge < -0.3 is 4.90 Å². The molecule has 0 spiro atoms. The number of nitrogens with zero attached hydrogens (tertiary/aromatic N) is 1. The van der Waals surface area contributed by atoms with Crippen LogP contribution < -0.4 is 4.90 Å². The van der Waals surface area contributed by atoms with Crippen LogP contribution in [0, 0.1) is 0 Å². The van der Waals surface area contributed by atoms with E-state index < -0.39 is 0 Å². The lowest BCUT2D eigenvalue weighted by Crippen LogP contribution is -2.25. The fourth-order valence-electron chi connectivity index (χ4n) is 1.80. The van der Waals surface area contributed by atoms with Crippen molar-refractivity contribution < 1.29 is 0 Å². The van der Waals surface area contributed by atoms with Crippen molar-refractivity contribution in [1.29, 1.82) is 0 Å². The first-order chi connectivity index (χ1) is 7.74. The van der Waals surface area contributed by atoms with Gasteiger partial charge in [-0.1, -0.05) is 53.0 Å². The van der Waals surface area contributed by atoms with Gasteiger partial charge in [0.25, 0.3) is 0 Å². The summed E-state index contributed by atoms with van der Waals surface area (Å²) >= 11 is 9.82. The Morgan fingerprint density at radius 3 is 2.62 bits per heavy atom. The molecule has 0 aliphatic carbocycles.